The number of benzene rings is 3. The number of aromatic nitrogens is 1. The third-order valence-electron chi connectivity index (χ3n) is 6.00. The van der Waals surface area contributed by atoms with Gasteiger partial charge in [0, 0.05) is 18.2 Å². The molecule has 0 atom stereocenters. The van der Waals surface area contributed by atoms with E-state index in [9.17, 15) is 9.59 Å². The number of fused-ring (bicyclic) bond motifs is 1. The monoisotopic (exact) mass is 506 g/mol. The lowest BCUT2D eigenvalue weighted by atomic mass is 10.1. The first-order chi connectivity index (χ1) is 17.4. The number of rotatable bonds is 9. The van der Waals surface area contributed by atoms with Gasteiger partial charge in [-0.2, -0.15) is 0 Å². The van der Waals surface area contributed by atoms with Crippen molar-refractivity contribution in [1.82, 2.24) is 9.88 Å². The minimum absolute atomic E-state index is 0.120. The molecule has 0 bridgehead atoms. The van der Waals surface area contributed by atoms with Crippen LogP contribution in [-0.2, 0) is 13.0 Å². The zero-order valence-corrected chi connectivity index (χ0v) is 21.1. The highest BCUT2D eigenvalue weighted by Crippen LogP contribution is 2.28. The van der Waals surface area contributed by atoms with Crippen LogP contribution in [0.15, 0.2) is 71.5 Å². The molecule has 1 amide bonds. The molecular weight excluding hydrogens is 480 g/mol. The number of ether oxygens (including phenoxy) is 3. The standard InChI is InChI=1S/C28H27ClN2O5/c1-34-21-10-9-19-15-20(27(32)30-24(19)16-21)17-31(28(33)22-6-4-5-7-23(22)29)13-12-18-8-11-25(35-2)26(14-18)36-3/h4-11,14-16H,12-13,17H2,1-3H3,(H,30,32). The van der Waals surface area contributed by atoms with Gasteiger partial charge in [-0.3, -0.25) is 9.59 Å². The molecular formula is C28H27ClN2O5. The Morgan fingerprint density at radius 2 is 1.69 bits per heavy atom. The number of halogens is 1. The lowest BCUT2D eigenvalue weighted by Crippen LogP contribution is -2.34. The van der Waals surface area contributed by atoms with Crippen LogP contribution in [0.25, 0.3) is 10.9 Å². The Bertz CT molecular complexity index is 1450. The van der Waals surface area contributed by atoms with E-state index in [0.717, 1.165) is 10.9 Å². The number of carbonyl (C=O) groups is 1. The number of hydrogen-bond acceptors (Lipinski definition) is 5. The van der Waals surface area contributed by atoms with E-state index in [0.29, 0.717) is 51.9 Å². The molecule has 1 heterocycles. The minimum atomic E-state index is -0.265. The van der Waals surface area contributed by atoms with Crippen LogP contribution in [0.2, 0.25) is 5.02 Å². The first-order valence-corrected chi connectivity index (χ1v) is 11.8. The van der Waals surface area contributed by atoms with Crippen molar-refractivity contribution >= 4 is 28.4 Å². The molecule has 3 aromatic carbocycles. The summed E-state index contributed by atoms with van der Waals surface area (Å²) in [6.07, 6.45) is 0.541. The molecule has 1 aromatic heterocycles. The molecule has 0 unspecified atom stereocenters. The van der Waals surface area contributed by atoms with Crippen molar-refractivity contribution in [3.63, 3.8) is 0 Å². The Kier molecular flexibility index (Phi) is 7.80. The summed E-state index contributed by atoms with van der Waals surface area (Å²) < 4.78 is 16.0. The highest BCUT2D eigenvalue weighted by molar-refractivity contribution is 6.33. The number of nitrogens with zero attached hydrogens (tertiary/aromatic N) is 1. The molecule has 0 spiro atoms. The first kappa shape index (κ1) is 25.1. The maximum atomic E-state index is 13.5. The third kappa shape index (κ3) is 5.47. The Morgan fingerprint density at radius 3 is 2.42 bits per heavy atom. The van der Waals surface area contributed by atoms with Crippen molar-refractivity contribution in [2.75, 3.05) is 27.9 Å². The molecule has 0 aliphatic carbocycles. The van der Waals surface area contributed by atoms with Gasteiger partial charge in [0.05, 0.1) is 44.0 Å². The molecule has 4 rings (SSSR count). The van der Waals surface area contributed by atoms with Crippen LogP contribution in [0, 0.1) is 0 Å². The number of pyridine rings is 1. The van der Waals surface area contributed by atoms with E-state index in [4.69, 9.17) is 25.8 Å². The summed E-state index contributed by atoms with van der Waals surface area (Å²) in [5, 5.41) is 1.20. The average molecular weight is 507 g/mol. The van der Waals surface area contributed by atoms with Gasteiger partial charge in [-0.05, 0) is 59.8 Å². The Labute approximate surface area is 214 Å². The van der Waals surface area contributed by atoms with Crippen molar-refractivity contribution < 1.29 is 19.0 Å². The SMILES string of the molecule is COc1ccc2cc(CN(CCc3ccc(OC)c(OC)c3)C(=O)c3ccccc3Cl)c(=O)[nH]c2c1. The smallest absolute Gasteiger partial charge is 0.255 e. The molecule has 36 heavy (non-hydrogen) atoms. The summed E-state index contributed by atoms with van der Waals surface area (Å²) in [5.41, 5.74) is 2.22. The molecule has 0 saturated heterocycles. The largest absolute Gasteiger partial charge is 0.497 e. The van der Waals surface area contributed by atoms with Crippen LogP contribution in [0.5, 0.6) is 17.2 Å². The lowest BCUT2D eigenvalue weighted by Gasteiger charge is -2.23. The number of nitrogens with one attached hydrogen (secondary N) is 1. The van der Waals surface area contributed by atoms with Crippen LogP contribution in [0.4, 0.5) is 0 Å². The fraction of sp³-hybridized carbons (Fsp3) is 0.214. The Hall–Kier alpha value is -3.97. The van der Waals surface area contributed by atoms with Crippen molar-refractivity contribution in [1.29, 1.82) is 0 Å². The van der Waals surface area contributed by atoms with Gasteiger partial charge in [0.15, 0.2) is 11.5 Å². The average Bonchev–Trinajstić information content (AvgIpc) is 2.90. The van der Waals surface area contributed by atoms with Crippen LogP contribution in [-0.4, -0.2) is 43.7 Å². The molecule has 0 saturated carbocycles. The molecule has 4 aromatic rings. The van der Waals surface area contributed by atoms with Crippen LogP contribution in [0.1, 0.15) is 21.5 Å². The second-order valence-corrected chi connectivity index (χ2v) is 8.63. The molecule has 0 radical (unpaired) electrons. The molecule has 0 aliphatic heterocycles. The molecule has 186 valence electrons. The van der Waals surface area contributed by atoms with Gasteiger partial charge in [-0.25, -0.2) is 0 Å². The van der Waals surface area contributed by atoms with E-state index in [1.807, 2.05) is 30.3 Å². The number of hydrogen-bond donors (Lipinski definition) is 1. The predicted octanol–water partition coefficient (Wildman–Crippen LogP) is 5.09. The predicted molar refractivity (Wildman–Crippen MR) is 141 cm³/mol. The number of H-pyrrole nitrogens is 1. The van der Waals surface area contributed by atoms with E-state index >= 15 is 0 Å². The third-order valence-corrected chi connectivity index (χ3v) is 6.33. The maximum Gasteiger partial charge on any atom is 0.255 e. The van der Waals surface area contributed by atoms with E-state index in [1.54, 1.807) is 62.6 Å². The van der Waals surface area contributed by atoms with Gasteiger partial charge >= 0.3 is 0 Å². The second kappa shape index (κ2) is 11.2. The van der Waals surface area contributed by atoms with Crippen molar-refractivity contribution in [3.05, 3.63) is 98.8 Å². The number of aromatic amines is 1. The van der Waals surface area contributed by atoms with E-state index in [-0.39, 0.29) is 18.0 Å². The summed E-state index contributed by atoms with van der Waals surface area (Å²) in [5.74, 6) is 1.64. The van der Waals surface area contributed by atoms with Gasteiger partial charge < -0.3 is 24.1 Å². The second-order valence-electron chi connectivity index (χ2n) is 8.22. The lowest BCUT2D eigenvalue weighted by molar-refractivity contribution is 0.0744. The van der Waals surface area contributed by atoms with Gasteiger partial charge in [0.25, 0.3) is 11.5 Å². The summed E-state index contributed by atoms with van der Waals surface area (Å²) in [6.45, 7) is 0.480. The summed E-state index contributed by atoms with van der Waals surface area (Å²) in [7, 11) is 4.74. The number of carbonyl (C=O) groups excluding carboxylic acids is 1. The van der Waals surface area contributed by atoms with E-state index in [1.165, 1.54) is 0 Å². The highest BCUT2D eigenvalue weighted by atomic mass is 35.5. The van der Waals surface area contributed by atoms with Crippen molar-refractivity contribution in [2.24, 2.45) is 0 Å². The van der Waals surface area contributed by atoms with Crippen molar-refractivity contribution in [3.8, 4) is 17.2 Å². The first-order valence-electron chi connectivity index (χ1n) is 11.4. The fourth-order valence-electron chi connectivity index (χ4n) is 4.03. The topological polar surface area (TPSA) is 80.9 Å². The highest BCUT2D eigenvalue weighted by Gasteiger charge is 2.20. The molecule has 0 aliphatic rings. The molecule has 7 nitrogen and oxygen atoms in total. The minimum Gasteiger partial charge on any atom is -0.497 e. The molecule has 1 N–H and O–H groups in total. The van der Waals surface area contributed by atoms with E-state index in [2.05, 4.69) is 4.98 Å². The van der Waals surface area contributed by atoms with Gasteiger partial charge in [-0.1, -0.05) is 29.8 Å². The summed E-state index contributed by atoms with van der Waals surface area (Å²) >= 11 is 6.34. The van der Waals surface area contributed by atoms with Crippen molar-refractivity contribution in [2.45, 2.75) is 13.0 Å². The molecule has 0 fully saturated rings. The zero-order valence-electron chi connectivity index (χ0n) is 20.3. The van der Waals surface area contributed by atoms with Crippen LogP contribution < -0.4 is 19.8 Å². The van der Waals surface area contributed by atoms with Crippen LogP contribution >= 0.6 is 11.6 Å². The number of amides is 1. The number of methoxy groups -OCH3 is 3. The normalized spacial score (nSPS) is 10.8. The van der Waals surface area contributed by atoms with E-state index < -0.39 is 0 Å². The van der Waals surface area contributed by atoms with Gasteiger partial charge in [-0.15, -0.1) is 0 Å². The Balaban J connectivity index is 1.65. The Morgan fingerprint density at radius 1 is 0.917 bits per heavy atom. The van der Waals surface area contributed by atoms with Gasteiger partial charge in [0.2, 0.25) is 0 Å². The molecule has 8 heteroatoms. The quantitative estimate of drug-likeness (QED) is 0.342. The summed E-state index contributed by atoms with van der Waals surface area (Å²) in [6, 6.07) is 19.8. The van der Waals surface area contributed by atoms with Gasteiger partial charge in [0.1, 0.15) is 5.75 Å². The fourth-order valence-corrected chi connectivity index (χ4v) is 4.25. The maximum absolute atomic E-state index is 13.5. The zero-order chi connectivity index (χ0) is 25.7. The summed E-state index contributed by atoms with van der Waals surface area (Å²) in [4.78, 5) is 31.0. The van der Waals surface area contributed by atoms with Crippen LogP contribution in [0.3, 0.4) is 0 Å².